The molecule has 0 unspecified atom stereocenters. The molecule has 1 saturated carbocycles. The highest BCUT2D eigenvalue weighted by Crippen LogP contribution is 2.29. The Morgan fingerprint density at radius 1 is 1.23 bits per heavy atom. The Balaban J connectivity index is 1.62. The van der Waals surface area contributed by atoms with Gasteiger partial charge in [-0.25, -0.2) is 0 Å². The maximum atomic E-state index is 12.6. The average Bonchev–Trinajstić information content (AvgIpc) is 3.36. The molecule has 1 aromatic heterocycles. The molecule has 0 N–H and O–H groups in total. The zero-order valence-electron chi connectivity index (χ0n) is 12.4. The molecule has 0 aliphatic heterocycles. The predicted molar refractivity (Wildman–Crippen MR) is 90.3 cm³/mol. The van der Waals surface area contributed by atoms with Crippen LogP contribution in [0.4, 0.5) is 0 Å². The van der Waals surface area contributed by atoms with Crippen LogP contribution in [0.2, 0.25) is 0 Å². The van der Waals surface area contributed by atoms with Crippen LogP contribution < -0.4 is 0 Å². The van der Waals surface area contributed by atoms with Crippen LogP contribution in [0, 0.1) is 0 Å². The number of rotatable bonds is 6. The summed E-state index contributed by atoms with van der Waals surface area (Å²) in [4.78, 5) is 18.7. The molecular formula is C18H19BrN2O. The van der Waals surface area contributed by atoms with E-state index >= 15 is 0 Å². The van der Waals surface area contributed by atoms with Crippen LogP contribution in [-0.4, -0.2) is 21.8 Å². The maximum absolute atomic E-state index is 12.6. The molecule has 0 saturated heterocycles. The van der Waals surface area contributed by atoms with Crippen molar-refractivity contribution in [3.8, 4) is 0 Å². The topological polar surface area (TPSA) is 33.2 Å². The fourth-order valence-corrected chi connectivity index (χ4v) is 3.03. The Morgan fingerprint density at radius 2 is 2.05 bits per heavy atom. The van der Waals surface area contributed by atoms with E-state index < -0.39 is 0 Å². The quantitative estimate of drug-likeness (QED) is 0.782. The first-order valence-corrected chi connectivity index (χ1v) is 8.44. The summed E-state index contributed by atoms with van der Waals surface area (Å²) in [6.45, 7) is 0.704. The summed E-state index contributed by atoms with van der Waals surface area (Å²) in [5.74, 6) is 0.242. The molecule has 2 aromatic rings. The first kappa shape index (κ1) is 15.2. The van der Waals surface area contributed by atoms with Crippen molar-refractivity contribution in [1.82, 2.24) is 9.88 Å². The third-order valence-electron chi connectivity index (χ3n) is 3.90. The summed E-state index contributed by atoms with van der Waals surface area (Å²) >= 11 is 3.49. The van der Waals surface area contributed by atoms with Gasteiger partial charge in [-0.3, -0.25) is 9.78 Å². The molecule has 3 rings (SSSR count). The first-order chi connectivity index (χ1) is 10.7. The lowest BCUT2D eigenvalue weighted by Crippen LogP contribution is -2.32. The lowest BCUT2D eigenvalue weighted by Gasteiger charge is -2.23. The number of halogens is 1. The van der Waals surface area contributed by atoms with Crippen molar-refractivity contribution in [2.24, 2.45) is 0 Å². The van der Waals surface area contributed by atoms with Gasteiger partial charge >= 0.3 is 0 Å². The molecule has 0 spiro atoms. The number of amides is 1. The van der Waals surface area contributed by atoms with E-state index in [0.717, 1.165) is 29.3 Å². The van der Waals surface area contributed by atoms with Crippen LogP contribution in [0.3, 0.4) is 0 Å². The van der Waals surface area contributed by atoms with Crippen molar-refractivity contribution in [1.29, 1.82) is 0 Å². The van der Waals surface area contributed by atoms with Gasteiger partial charge in [0.2, 0.25) is 5.91 Å². The highest BCUT2D eigenvalue weighted by molar-refractivity contribution is 9.10. The Labute approximate surface area is 139 Å². The van der Waals surface area contributed by atoms with Crippen molar-refractivity contribution in [2.45, 2.75) is 38.3 Å². The summed E-state index contributed by atoms with van der Waals surface area (Å²) in [5, 5.41) is 0. The fourth-order valence-electron chi connectivity index (χ4n) is 2.58. The fraction of sp³-hybridized carbons (Fsp3) is 0.333. The minimum atomic E-state index is 0.242. The van der Waals surface area contributed by atoms with Gasteiger partial charge in [0.1, 0.15) is 0 Å². The molecule has 4 heteroatoms. The predicted octanol–water partition coefficient (Wildman–Crippen LogP) is 3.97. The summed E-state index contributed by atoms with van der Waals surface area (Å²) in [6, 6.07) is 12.6. The number of pyridine rings is 1. The maximum Gasteiger partial charge on any atom is 0.223 e. The minimum absolute atomic E-state index is 0.242. The molecule has 3 nitrogen and oxygen atoms in total. The van der Waals surface area contributed by atoms with Crippen LogP contribution in [-0.2, 0) is 17.8 Å². The minimum Gasteiger partial charge on any atom is -0.335 e. The van der Waals surface area contributed by atoms with Crippen LogP contribution in [0.5, 0.6) is 0 Å². The Hall–Kier alpha value is -1.68. The molecule has 1 fully saturated rings. The van der Waals surface area contributed by atoms with Gasteiger partial charge in [-0.15, -0.1) is 0 Å². The van der Waals surface area contributed by atoms with E-state index in [4.69, 9.17) is 0 Å². The van der Waals surface area contributed by atoms with Crippen LogP contribution >= 0.6 is 15.9 Å². The molecule has 0 bridgehead atoms. The number of benzene rings is 1. The van der Waals surface area contributed by atoms with E-state index in [0.29, 0.717) is 19.0 Å². The molecule has 1 aliphatic rings. The number of hydrogen-bond acceptors (Lipinski definition) is 2. The number of hydrogen-bond donors (Lipinski definition) is 0. The first-order valence-electron chi connectivity index (χ1n) is 7.65. The summed E-state index contributed by atoms with van der Waals surface area (Å²) < 4.78 is 1.06. The number of carbonyl (C=O) groups excluding carboxylic acids is 1. The Morgan fingerprint density at radius 3 is 2.73 bits per heavy atom. The number of aromatic nitrogens is 1. The molecule has 1 amide bonds. The van der Waals surface area contributed by atoms with E-state index in [9.17, 15) is 4.79 Å². The second-order valence-electron chi connectivity index (χ2n) is 5.74. The van der Waals surface area contributed by atoms with Crippen molar-refractivity contribution in [3.05, 3.63) is 64.4 Å². The molecular weight excluding hydrogens is 340 g/mol. The molecule has 1 heterocycles. The van der Waals surface area contributed by atoms with Crippen molar-refractivity contribution < 1.29 is 4.79 Å². The van der Waals surface area contributed by atoms with Crippen LogP contribution in [0.1, 0.15) is 30.4 Å². The third-order valence-corrected chi connectivity index (χ3v) is 4.39. The monoisotopic (exact) mass is 358 g/mol. The highest BCUT2D eigenvalue weighted by Gasteiger charge is 2.32. The summed E-state index contributed by atoms with van der Waals surface area (Å²) in [6.07, 6.45) is 7.17. The molecule has 1 aromatic carbocycles. The van der Waals surface area contributed by atoms with Crippen molar-refractivity contribution in [2.75, 3.05) is 0 Å². The lowest BCUT2D eigenvalue weighted by atomic mass is 10.1. The second-order valence-corrected chi connectivity index (χ2v) is 6.66. The van der Waals surface area contributed by atoms with Crippen molar-refractivity contribution in [3.63, 3.8) is 0 Å². The van der Waals surface area contributed by atoms with Crippen LogP contribution in [0.15, 0.2) is 53.3 Å². The van der Waals surface area contributed by atoms with E-state index in [1.807, 2.05) is 35.4 Å². The molecule has 22 heavy (non-hydrogen) atoms. The molecule has 0 atom stereocenters. The summed E-state index contributed by atoms with van der Waals surface area (Å²) in [5.41, 5.74) is 2.30. The standard InChI is InChI=1S/C18H19BrN2O/c19-16-5-1-3-15(11-16)13-21(17-7-8-17)18(22)9-6-14-4-2-10-20-12-14/h1-5,10-12,17H,6-9,13H2. The van der Waals surface area contributed by atoms with E-state index in [1.165, 1.54) is 5.56 Å². The van der Waals surface area contributed by atoms with Gasteiger partial charge in [0.05, 0.1) is 0 Å². The van der Waals surface area contributed by atoms with Gasteiger partial charge in [-0.1, -0.05) is 34.1 Å². The van der Waals surface area contributed by atoms with Crippen LogP contribution in [0.25, 0.3) is 0 Å². The molecule has 0 radical (unpaired) electrons. The number of aryl methyl sites for hydroxylation is 1. The zero-order valence-corrected chi connectivity index (χ0v) is 14.0. The zero-order chi connectivity index (χ0) is 15.4. The lowest BCUT2D eigenvalue weighted by molar-refractivity contribution is -0.132. The number of nitrogens with zero attached hydrogens (tertiary/aromatic N) is 2. The Kier molecular flexibility index (Phi) is 4.88. The average molecular weight is 359 g/mol. The van der Waals surface area contributed by atoms with Gasteiger partial charge in [0.25, 0.3) is 0 Å². The van der Waals surface area contributed by atoms with Gasteiger partial charge in [0.15, 0.2) is 0 Å². The van der Waals surface area contributed by atoms with Gasteiger partial charge in [-0.05, 0) is 48.6 Å². The van der Waals surface area contributed by atoms with Crippen molar-refractivity contribution >= 4 is 21.8 Å². The third kappa shape index (κ3) is 4.17. The molecule has 114 valence electrons. The van der Waals surface area contributed by atoms with Gasteiger partial charge < -0.3 is 4.90 Å². The second kappa shape index (κ2) is 7.05. The highest BCUT2D eigenvalue weighted by atomic mass is 79.9. The van der Waals surface area contributed by atoms with Gasteiger partial charge in [0, 0.05) is 35.9 Å². The van der Waals surface area contributed by atoms with E-state index in [1.54, 1.807) is 6.20 Å². The smallest absolute Gasteiger partial charge is 0.223 e. The molecule has 1 aliphatic carbocycles. The summed E-state index contributed by atoms with van der Waals surface area (Å²) in [7, 11) is 0. The van der Waals surface area contributed by atoms with Gasteiger partial charge in [-0.2, -0.15) is 0 Å². The van der Waals surface area contributed by atoms with E-state index in [2.05, 4.69) is 33.0 Å². The SMILES string of the molecule is O=C(CCc1cccnc1)N(Cc1cccc(Br)c1)C1CC1. The largest absolute Gasteiger partial charge is 0.335 e. The normalized spacial score (nSPS) is 13.9. The Bertz CT molecular complexity index is 641. The van der Waals surface area contributed by atoms with E-state index in [-0.39, 0.29) is 5.91 Å². The number of carbonyl (C=O) groups is 1.